The lowest BCUT2D eigenvalue weighted by molar-refractivity contribution is -0.123. The Hall–Kier alpha value is -2.10. The van der Waals surface area contributed by atoms with Gasteiger partial charge in [-0.15, -0.1) is 0 Å². The van der Waals surface area contributed by atoms with Gasteiger partial charge in [0.15, 0.2) is 0 Å². The molecule has 25 heavy (non-hydrogen) atoms. The van der Waals surface area contributed by atoms with Crippen LogP contribution in [0.2, 0.25) is 0 Å². The number of benzene rings is 1. The van der Waals surface area contributed by atoms with Crippen LogP contribution in [0.3, 0.4) is 0 Å². The van der Waals surface area contributed by atoms with Gasteiger partial charge in [0.25, 0.3) is 0 Å². The maximum absolute atomic E-state index is 12.4. The minimum Gasteiger partial charge on any atom is -0.396 e. The van der Waals surface area contributed by atoms with Crippen molar-refractivity contribution in [1.29, 1.82) is 5.26 Å². The molecule has 1 aromatic rings. The molecule has 1 aliphatic carbocycles. The molecule has 1 heterocycles. The van der Waals surface area contributed by atoms with E-state index >= 15 is 0 Å². The van der Waals surface area contributed by atoms with E-state index in [0.29, 0.717) is 24.7 Å². The fraction of sp³-hybridized carbons (Fsp3) is 0.579. The average Bonchev–Trinajstić information content (AvgIpc) is 3.50. The molecular formula is C19H25N3O3. The topological polar surface area (TPSA) is 94.4 Å². The number of carbonyl (C=O) groups is 1. The van der Waals surface area contributed by atoms with Crippen molar-refractivity contribution in [2.45, 2.75) is 31.7 Å². The third kappa shape index (κ3) is 4.30. The van der Waals surface area contributed by atoms with Crippen LogP contribution in [0.15, 0.2) is 24.3 Å². The molecule has 0 bridgehead atoms. The number of ether oxygens (including phenoxy) is 1. The Balaban J connectivity index is 1.58. The molecule has 6 heteroatoms. The number of anilines is 1. The molecular weight excluding hydrogens is 318 g/mol. The highest BCUT2D eigenvalue weighted by molar-refractivity contribution is 5.81. The average molecular weight is 343 g/mol. The van der Waals surface area contributed by atoms with Crippen LogP contribution in [-0.2, 0) is 9.53 Å². The zero-order chi connectivity index (χ0) is 17.7. The van der Waals surface area contributed by atoms with Gasteiger partial charge in [-0.2, -0.15) is 5.26 Å². The van der Waals surface area contributed by atoms with Crippen LogP contribution in [-0.4, -0.2) is 43.4 Å². The minimum atomic E-state index is -0.260. The number of nitrogens with zero attached hydrogens (tertiary/aromatic N) is 1. The van der Waals surface area contributed by atoms with Gasteiger partial charge >= 0.3 is 0 Å². The molecule has 1 aromatic carbocycles. The molecule has 0 radical (unpaired) electrons. The first kappa shape index (κ1) is 17.7. The van der Waals surface area contributed by atoms with E-state index in [4.69, 9.17) is 10.00 Å². The molecule has 2 fully saturated rings. The molecule has 3 rings (SSSR count). The molecule has 1 saturated heterocycles. The highest BCUT2D eigenvalue weighted by Gasteiger charge is 2.47. The monoisotopic (exact) mass is 343 g/mol. The molecule has 1 amide bonds. The van der Waals surface area contributed by atoms with Crippen molar-refractivity contribution in [2.24, 2.45) is 11.3 Å². The van der Waals surface area contributed by atoms with Crippen LogP contribution in [0.4, 0.5) is 5.69 Å². The number of rotatable bonds is 7. The predicted molar refractivity (Wildman–Crippen MR) is 93.9 cm³/mol. The summed E-state index contributed by atoms with van der Waals surface area (Å²) in [6, 6.07) is 9.10. The number of aliphatic hydroxyl groups is 1. The summed E-state index contributed by atoms with van der Waals surface area (Å²) in [6.45, 7) is 1.54. The Labute approximate surface area is 148 Å². The summed E-state index contributed by atoms with van der Waals surface area (Å²) in [5.74, 6) is 0.393. The van der Waals surface area contributed by atoms with Crippen molar-refractivity contribution >= 4 is 11.6 Å². The van der Waals surface area contributed by atoms with E-state index in [0.717, 1.165) is 31.4 Å². The highest BCUT2D eigenvalue weighted by Crippen LogP contribution is 2.45. The van der Waals surface area contributed by atoms with Crippen LogP contribution in [0, 0.1) is 22.7 Å². The van der Waals surface area contributed by atoms with E-state index in [1.807, 2.05) is 0 Å². The van der Waals surface area contributed by atoms with E-state index in [2.05, 4.69) is 16.7 Å². The summed E-state index contributed by atoms with van der Waals surface area (Å²) >= 11 is 0. The molecule has 3 N–H and O–H groups in total. The van der Waals surface area contributed by atoms with Crippen LogP contribution >= 0.6 is 0 Å². The predicted octanol–water partition coefficient (Wildman–Crippen LogP) is 1.65. The largest absolute Gasteiger partial charge is 0.396 e. The summed E-state index contributed by atoms with van der Waals surface area (Å²) in [7, 11) is 0. The number of nitrogens with one attached hydrogen (secondary N) is 2. The van der Waals surface area contributed by atoms with Crippen molar-refractivity contribution in [3.8, 4) is 6.07 Å². The first-order valence-electron chi connectivity index (χ1n) is 8.89. The maximum atomic E-state index is 12.4. The van der Waals surface area contributed by atoms with Crippen molar-refractivity contribution in [3.63, 3.8) is 0 Å². The normalized spacial score (nSPS) is 20.3. The van der Waals surface area contributed by atoms with Gasteiger partial charge in [-0.1, -0.05) is 0 Å². The van der Waals surface area contributed by atoms with Gasteiger partial charge in [0.1, 0.15) is 0 Å². The van der Waals surface area contributed by atoms with E-state index in [1.54, 1.807) is 24.3 Å². The van der Waals surface area contributed by atoms with E-state index in [-0.39, 0.29) is 30.5 Å². The van der Waals surface area contributed by atoms with E-state index < -0.39 is 0 Å². The molecule has 1 unspecified atom stereocenters. The second kappa shape index (κ2) is 7.85. The summed E-state index contributed by atoms with van der Waals surface area (Å²) in [4.78, 5) is 12.4. The van der Waals surface area contributed by atoms with E-state index in [1.165, 1.54) is 0 Å². The zero-order valence-corrected chi connectivity index (χ0v) is 14.3. The summed E-state index contributed by atoms with van der Waals surface area (Å²) < 4.78 is 5.45. The Kier molecular flexibility index (Phi) is 5.57. The standard InChI is InChI=1S/C19H25N3O3/c20-11-14-1-5-16(6-2-14)21-12-17(24)22-18(15-3-4-15)19(13-23)7-9-25-10-8-19/h1-2,5-6,15,18,21,23H,3-4,7-10,12-13H2,(H,22,24). The van der Waals surface area contributed by atoms with Gasteiger partial charge in [0, 0.05) is 30.4 Å². The Bertz CT molecular complexity index is 628. The lowest BCUT2D eigenvalue weighted by Gasteiger charge is -2.42. The second-order valence-electron chi connectivity index (χ2n) is 7.06. The number of carbonyl (C=O) groups excluding carboxylic acids is 1. The van der Waals surface area contributed by atoms with Crippen molar-refractivity contribution in [1.82, 2.24) is 5.32 Å². The molecule has 0 aromatic heterocycles. The number of nitriles is 1. The number of aliphatic hydroxyl groups excluding tert-OH is 1. The van der Waals surface area contributed by atoms with Crippen LogP contribution in [0.25, 0.3) is 0 Å². The third-order valence-corrected chi connectivity index (χ3v) is 5.34. The molecule has 0 spiro atoms. The highest BCUT2D eigenvalue weighted by atomic mass is 16.5. The Morgan fingerprint density at radius 3 is 2.56 bits per heavy atom. The molecule has 2 aliphatic rings. The molecule has 134 valence electrons. The van der Waals surface area contributed by atoms with Crippen LogP contribution < -0.4 is 10.6 Å². The van der Waals surface area contributed by atoms with Crippen molar-refractivity contribution < 1.29 is 14.6 Å². The minimum absolute atomic E-state index is 0.0108. The van der Waals surface area contributed by atoms with Crippen LogP contribution in [0.5, 0.6) is 0 Å². The van der Waals surface area contributed by atoms with Gasteiger partial charge in [-0.25, -0.2) is 0 Å². The van der Waals surface area contributed by atoms with Gasteiger partial charge < -0.3 is 20.5 Å². The summed E-state index contributed by atoms with van der Waals surface area (Å²) in [5.41, 5.74) is 1.14. The fourth-order valence-corrected chi connectivity index (χ4v) is 3.62. The van der Waals surface area contributed by atoms with Crippen LogP contribution in [0.1, 0.15) is 31.2 Å². The van der Waals surface area contributed by atoms with E-state index in [9.17, 15) is 9.90 Å². The number of hydrogen-bond donors (Lipinski definition) is 3. The number of hydrogen-bond acceptors (Lipinski definition) is 5. The van der Waals surface area contributed by atoms with Crippen molar-refractivity contribution in [3.05, 3.63) is 29.8 Å². The third-order valence-electron chi connectivity index (χ3n) is 5.34. The molecule has 1 saturated carbocycles. The van der Waals surface area contributed by atoms with Gasteiger partial charge in [-0.05, 0) is 55.9 Å². The molecule has 1 atom stereocenters. The summed E-state index contributed by atoms with van der Waals surface area (Å²) in [5, 5.41) is 25.1. The zero-order valence-electron chi connectivity index (χ0n) is 14.3. The Morgan fingerprint density at radius 1 is 1.32 bits per heavy atom. The van der Waals surface area contributed by atoms with Gasteiger partial charge in [0.05, 0.1) is 24.8 Å². The quantitative estimate of drug-likeness (QED) is 0.700. The second-order valence-corrected chi connectivity index (χ2v) is 7.06. The smallest absolute Gasteiger partial charge is 0.239 e. The Morgan fingerprint density at radius 2 is 2.00 bits per heavy atom. The number of amides is 1. The fourth-order valence-electron chi connectivity index (χ4n) is 3.62. The lowest BCUT2D eigenvalue weighted by Crippen LogP contribution is -2.54. The molecule has 6 nitrogen and oxygen atoms in total. The van der Waals surface area contributed by atoms with Crippen molar-refractivity contribution in [2.75, 3.05) is 31.7 Å². The first-order chi connectivity index (χ1) is 12.2. The van der Waals surface area contributed by atoms with Gasteiger partial charge in [-0.3, -0.25) is 4.79 Å². The molecule has 1 aliphatic heterocycles. The van der Waals surface area contributed by atoms with Gasteiger partial charge in [0.2, 0.25) is 5.91 Å². The SMILES string of the molecule is N#Cc1ccc(NCC(=O)NC(C2CC2)C2(CO)CCOCC2)cc1. The summed E-state index contributed by atoms with van der Waals surface area (Å²) in [6.07, 6.45) is 3.79. The first-order valence-corrected chi connectivity index (χ1v) is 8.89. The lowest BCUT2D eigenvalue weighted by atomic mass is 9.72. The maximum Gasteiger partial charge on any atom is 0.239 e.